The molecular weight excluding hydrogens is 325 g/mol. The summed E-state index contributed by atoms with van der Waals surface area (Å²) < 4.78 is 49.2. The summed E-state index contributed by atoms with van der Waals surface area (Å²) in [7, 11) is 0. The zero-order valence-corrected chi connectivity index (χ0v) is 13.8. The van der Waals surface area contributed by atoms with Crippen LogP contribution in [-0.2, 0) is 15.7 Å². The third-order valence-corrected chi connectivity index (χ3v) is 3.41. The average molecular weight is 346 g/mol. The fourth-order valence-electron chi connectivity index (χ4n) is 2.41. The first-order valence-electron chi connectivity index (χ1n) is 7.71. The van der Waals surface area contributed by atoms with Crippen LogP contribution in [0.2, 0.25) is 0 Å². The van der Waals surface area contributed by atoms with Gasteiger partial charge < -0.3 is 14.8 Å². The van der Waals surface area contributed by atoms with Gasteiger partial charge in [-0.05, 0) is 46.2 Å². The second-order valence-electron chi connectivity index (χ2n) is 6.68. The lowest BCUT2D eigenvalue weighted by Gasteiger charge is -2.27. The normalized spacial score (nSPS) is 19.8. The molecule has 1 N–H and O–H groups in total. The lowest BCUT2D eigenvalue weighted by Crippen LogP contribution is -2.47. The van der Waals surface area contributed by atoms with Crippen LogP contribution >= 0.6 is 0 Å². The molecule has 1 fully saturated rings. The predicted molar refractivity (Wildman–Crippen MR) is 80.5 cm³/mol. The fourth-order valence-corrected chi connectivity index (χ4v) is 2.41. The molecule has 0 amide bonds. The monoisotopic (exact) mass is 346 g/mol. The van der Waals surface area contributed by atoms with Crippen molar-refractivity contribution in [1.29, 1.82) is 0 Å². The van der Waals surface area contributed by atoms with E-state index in [-0.39, 0.29) is 11.8 Å². The maximum Gasteiger partial charge on any atom is 0.418 e. The lowest BCUT2D eigenvalue weighted by atomic mass is 10.1. The summed E-state index contributed by atoms with van der Waals surface area (Å²) >= 11 is 0. The van der Waals surface area contributed by atoms with Crippen LogP contribution in [0.1, 0.15) is 39.2 Å². The van der Waals surface area contributed by atoms with Crippen molar-refractivity contribution in [3.8, 4) is 5.75 Å². The second kappa shape index (κ2) is 6.96. The number of ether oxygens (including phenoxy) is 2. The van der Waals surface area contributed by atoms with Gasteiger partial charge in [-0.3, -0.25) is 4.98 Å². The van der Waals surface area contributed by atoms with Crippen LogP contribution in [0, 0.1) is 0 Å². The molecule has 1 aromatic heterocycles. The highest BCUT2D eigenvalue weighted by molar-refractivity contribution is 5.76. The quantitative estimate of drug-likeness (QED) is 0.850. The van der Waals surface area contributed by atoms with E-state index in [1.54, 1.807) is 20.8 Å². The highest BCUT2D eigenvalue weighted by Gasteiger charge is 2.37. The molecule has 1 unspecified atom stereocenters. The summed E-state index contributed by atoms with van der Waals surface area (Å²) in [5.41, 5.74) is -1.65. The van der Waals surface area contributed by atoms with Gasteiger partial charge in [0, 0.05) is 6.20 Å². The van der Waals surface area contributed by atoms with Crippen molar-refractivity contribution in [2.75, 3.05) is 6.54 Å². The molecule has 0 aliphatic carbocycles. The largest absolute Gasteiger partial charge is 0.475 e. The van der Waals surface area contributed by atoms with Crippen LogP contribution in [0.3, 0.4) is 0 Å². The van der Waals surface area contributed by atoms with Gasteiger partial charge in [0.15, 0.2) is 0 Å². The summed E-state index contributed by atoms with van der Waals surface area (Å²) in [6.45, 7) is 5.87. The van der Waals surface area contributed by atoms with E-state index < -0.39 is 29.4 Å². The summed E-state index contributed by atoms with van der Waals surface area (Å²) in [5.74, 6) is -0.728. The summed E-state index contributed by atoms with van der Waals surface area (Å²) in [5, 5.41) is 3.12. The van der Waals surface area contributed by atoms with Crippen molar-refractivity contribution in [2.45, 2.75) is 57.5 Å². The number of nitrogens with zero attached hydrogens (tertiary/aromatic N) is 1. The molecule has 1 aliphatic heterocycles. The standard InChI is InChI=1S/C16H21F3N2O3/c1-15(2,3)24-14(22)13(12-5-4-6-21-12)23-11-7-10(8-20-9-11)16(17,18)19/h7-9,12-13,21H,4-6H2,1-3H3/t12-,13?/m1/s1. The van der Waals surface area contributed by atoms with Gasteiger partial charge in [-0.25, -0.2) is 4.79 Å². The van der Waals surface area contributed by atoms with E-state index in [1.165, 1.54) is 0 Å². The Morgan fingerprint density at radius 1 is 1.33 bits per heavy atom. The number of rotatable bonds is 4. The Morgan fingerprint density at radius 2 is 2.04 bits per heavy atom. The van der Waals surface area contributed by atoms with Crippen LogP contribution in [0.15, 0.2) is 18.5 Å². The highest BCUT2D eigenvalue weighted by Crippen LogP contribution is 2.31. The molecule has 1 aromatic rings. The van der Waals surface area contributed by atoms with E-state index in [2.05, 4.69) is 10.3 Å². The lowest BCUT2D eigenvalue weighted by molar-refractivity contribution is -0.164. The van der Waals surface area contributed by atoms with Crippen molar-refractivity contribution in [3.63, 3.8) is 0 Å². The average Bonchev–Trinajstić information content (AvgIpc) is 2.96. The van der Waals surface area contributed by atoms with Gasteiger partial charge in [0.25, 0.3) is 0 Å². The number of pyridine rings is 1. The van der Waals surface area contributed by atoms with Crippen LogP contribution < -0.4 is 10.1 Å². The molecule has 2 heterocycles. The van der Waals surface area contributed by atoms with Gasteiger partial charge in [0.1, 0.15) is 11.4 Å². The number of carbonyl (C=O) groups excluding carboxylic acids is 1. The number of carbonyl (C=O) groups is 1. The minimum atomic E-state index is -4.53. The number of esters is 1. The van der Waals surface area contributed by atoms with Crippen LogP contribution in [0.4, 0.5) is 13.2 Å². The van der Waals surface area contributed by atoms with Gasteiger partial charge in [0.05, 0.1) is 17.8 Å². The Labute approximate surface area is 138 Å². The highest BCUT2D eigenvalue weighted by atomic mass is 19.4. The van der Waals surface area contributed by atoms with Crippen molar-refractivity contribution in [1.82, 2.24) is 10.3 Å². The minimum absolute atomic E-state index is 0.116. The Morgan fingerprint density at radius 3 is 2.58 bits per heavy atom. The Balaban J connectivity index is 2.20. The molecule has 1 aliphatic rings. The summed E-state index contributed by atoms with van der Waals surface area (Å²) in [6, 6.07) is 0.522. The SMILES string of the molecule is CC(C)(C)OC(=O)C(Oc1cncc(C(F)(F)F)c1)[C@H]1CCCN1. The molecule has 2 atom stereocenters. The molecule has 1 saturated heterocycles. The van der Waals surface area contributed by atoms with E-state index in [9.17, 15) is 18.0 Å². The number of hydrogen-bond acceptors (Lipinski definition) is 5. The first-order valence-corrected chi connectivity index (χ1v) is 7.71. The number of halogens is 3. The molecule has 0 bridgehead atoms. The first-order chi connectivity index (χ1) is 11.1. The first kappa shape index (κ1) is 18.5. The molecular formula is C16H21F3N2O3. The number of nitrogens with one attached hydrogen (secondary N) is 1. The topological polar surface area (TPSA) is 60.5 Å². The molecule has 5 nitrogen and oxygen atoms in total. The zero-order valence-electron chi connectivity index (χ0n) is 13.8. The number of hydrogen-bond donors (Lipinski definition) is 1. The molecule has 24 heavy (non-hydrogen) atoms. The zero-order chi connectivity index (χ0) is 18.0. The molecule has 0 radical (unpaired) electrons. The maximum atomic E-state index is 12.8. The predicted octanol–water partition coefficient (Wildman–Crippen LogP) is 2.94. The third-order valence-electron chi connectivity index (χ3n) is 3.41. The molecule has 0 saturated carbocycles. The van der Waals surface area contributed by atoms with Gasteiger partial charge in [0.2, 0.25) is 6.10 Å². The second-order valence-corrected chi connectivity index (χ2v) is 6.68. The Bertz CT molecular complexity index is 579. The van der Waals surface area contributed by atoms with Crippen LogP contribution in [-0.4, -0.2) is 35.2 Å². The van der Waals surface area contributed by atoms with Gasteiger partial charge in [-0.2, -0.15) is 13.2 Å². The van der Waals surface area contributed by atoms with Crippen molar-refractivity contribution >= 4 is 5.97 Å². The smallest absolute Gasteiger partial charge is 0.418 e. The van der Waals surface area contributed by atoms with E-state index in [1.807, 2.05) is 0 Å². The van der Waals surface area contributed by atoms with E-state index in [0.29, 0.717) is 19.2 Å². The maximum absolute atomic E-state index is 12.8. The van der Waals surface area contributed by atoms with Crippen molar-refractivity contribution < 1.29 is 27.4 Å². The van der Waals surface area contributed by atoms with Crippen LogP contribution in [0.5, 0.6) is 5.75 Å². The summed E-state index contributed by atoms with van der Waals surface area (Å²) in [4.78, 5) is 15.9. The Hall–Kier alpha value is -1.83. The molecule has 0 spiro atoms. The van der Waals surface area contributed by atoms with Crippen molar-refractivity contribution in [2.24, 2.45) is 0 Å². The third kappa shape index (κ3) is 5.09. The summed E-state index contributed by atoms with van der Waals surface area (Å²) in [6.07, 6.45) is -2.16. The number of aromatic nitrogens is 1. The molecule has 134 valence electrons. The van der Waals surface area contributed by atoms with Crippen molar-refractivity contribution in [3.05, 3.63) is 24.0 Å². The fraction of sp³-hybridized carbons (Fsp3) is 0.625. The Kier molecular flexibility index (Phi) is 5.37. The van der Waals surface area contributed by atoms with E-state index >= 15 is 0 Å². The van der Waals surface area contributed by atoms with E-state index in [0.717, 1.165) is 18.7 Å². The minimum Gasteiger partial charge on any atom is -0.475 e. The van der Waals surface area contributed by atoms with Gasteiger partial charge in [-0.1, -0.05) is 0 Å². The van der Waals surface area contributed by atoms with Crippen LogP contribution in [0.25, 0.3) is 0 Å². The van der Waals surface area contributed by atoms with Gasteiger partial charge in [-0.15, -0.1) is 0 Å². The molecule has 0 aromatic carbocycles. The molecule has 8 heteroatoms. The van der Waals surface area contributed by atoms with Gasteiger partial charge >= 0.3 is 12.1 Å². The van der Waals surface area contributed by atoms with E-state index in [4.69, 9.17) is 9.47 Å². The number of alkyl halides is 3. The molecule has 2 rings (SSSR count).